The normalized spacial score (nSPS) is 17.5. The second-order valence-electron chi connectivity index (χ2n) is 7.54. The molecule has 2 aromatic carbocycles. The average molecular weight is 436 g/mol. The molecule has 1 fully saturated rings. The van der Waals surface area contributed by atoms with Gasteiger partial charge in [-0.3, -0.25) is 9.59 Å². The second kappa shape index (κ2) is 10.6. The first-order chi connectivity index (χ1) is 15.4. The van der Waals surface area contributed by atoms with Crippen molar-refractivity contribution in [3.63, 3.8) is 0 Å². The summed E-state index contributed by atoms with van der Waals surface area (Å²) < 4.78 is 5.49. The number of nitrogens with zero attached hydrogens (tertiary/aromatic N) is 1. The van der Waals surface area contributed by atoms with Crippen LogP contribution in [0.4, 0.5) is 0 Å². The minimum Gasteiger partial charge on any atom is -0.550 e. The summed E-state index contributed by atoms with van der Waals surface area (Å²) in [4.78, 5) is 37.9. The van der Waals surface area contributed by atoms with Gasteiger partial charge < -0.3 is 24.6 Å². The number of carbonyl (C=O) groups excluding carboxylic acids is 3. The zero-order chi connectivity index (χ0) is 23.1. The SMILES string of the molecule is CCOc1ccc(C2C(=C(O)c3ccccc3)C(=O)C(=O)N2CCCCCC(=O)[O-])cc1. The van der Waals surface area contributed by atoms with Gasteiger partial charge in [-0.05, 0) is 43.9 Å². The lowest BCUT2D eigenvalue weighted by Crippen LogP contribution is -2.30. The van der Waals surface area contributed by atoms with Crippen LogP contribution in [0.1, 0.15) is 49.8 Å². The van der Waals surface area contributed by atoms with Crippen LogP contribution in [0.3, 0.4) is 0 Å². The first kappa shape index (κ1) is 23.1. The van der Waals surface area contributed by atoms with E-state index < -0.39 is 23.7 Å². The molecule has 3 rings (SSSR count). The van der Waals surface area contributed by atoms with Crippen LogP contribution in [0.25, 0.3) is 5.76 Å². The third-order valence-corrected chi connectivity index (χ3v) is 5.37. The molecule has 1 amide bonds. The molecule has 1 atom stereocenters. The summed E-state index contributed by atoms with van der Waals surface area (Å²) in [6, 6.07) is 15.0. The summed E-state index contributed by atoms with van der Waals surface area (Å²) in [5.41, 5.74) is 1.18. The van der Waals surface area contributed by atoms with E-state index in [2.05, 4.69) is 0 Å². The molecule has 1 unspecified atom stereocenters. The van der Waals surface area contributed by atoms with Gasteiger partial charge in [-0.25, -0.2) is 0 Å². The molecule has 1 N–H and O–H groups in total. The van der Waals surface area contributed by atoms with E-state index in [4.69, 9.17) is 4.74 Å². The van der Waals surface area contributed by atoms with Crippen LogP contribution in [0.2, 0.25) is 0 Å². The number of Topliss-reactive ketones (excluding diaryl/α,β-unsaturated/α-hetero) is 1. The lowest BCUT2D eigenvalue weighted by atomic mass is 9.95. The largest absolute Gasteiger partial charge is 0.550 e. The molecule has 0 aromatic heterocycles. The highest BCUT2D eigenvalue weighted by Gasteiger charge is 2.45. The molecule has 1 aliphatic rings. The van der Waals surface area contributed by atoms with Gasteiger partial charge in [0.2, 0.25) is 0 Å². The van der Waals surface area contributed by atoms with Crippen LogP contribution >= 0.6 is 0 Å². The number of carboxylic acid groups (broad SMARTS) is 1. The minimum absolute atomic E-state index is 0.0418. The Morgan fingerprint density at radius 2 is 1.72 bits per heavy atom. The van der Waals surface area contributed by atoms with Crippen molar-refractivity contribution in [2.45, 2.75) is 38.6 Å². The number of hydrogen-bond acceptors (Lipinski definition) is 6. The van der Waals surface area contributed by atoms with Gasteiger partial charge in [-0.1, -0.05) is 48.9 Å². The molecule has 1 heterocycles. The molecule has 32 heavy (non-hydrogen) atoms. The van der Waals surface area contributed by atoms with Crippen molar-refractivity contribution in [1.29, 1.82) is 0 Å². The van der Waals surface area contributed by atoms with E-state index >= 15 is 0 Å². The van der Waals surface area contributed by atoms with Crippen molar-refractivity contribution < 1.29 is 29.3 Å². The highest BCUT2D eigenvalue weighted by atomic mass is 16.5. The maximum atomic E-state index is 12.9. The number of carboxylic acids is 1. The van der Waals surface area contributed by atoms with Crippen LogP contribution in [0.5, 0.6) is 5.75 Å². The third-order valence-electron chi connectivity index (χ3n) is 5.37. The van der Waals surface area contributed by atoms with Crippen molar-refractivity contribution in [2.75, 3.05) is 13.2 Å². The van der Waals surface area contributed by atoms with Gasteiger partial charge in [0.1, 0.15) is 11.5 Å². The summed E-state index contributed by atoms with van der Waals surface area (Å²) in [5.74, 6) is -2.08. The predicted octanol–water partition coefficient (Wildman–Crippen LogP) is 2.82. The third kappa shape index (κ3) is 5.17. The number of rotatable bonds is 10. The molecule has 0 spiro atoms. The van der Waals surface area contributed by atoms with Gasteiger partial charge >= 0.3 is 0 Å². The van der Waals surface area contributed by atoms with Crippen molar-refractivity contribution in [2.24, 2.45) is 0 Å². The quantitative estimate of drug-likeness (QED) is 0.266. The molecule has 168 valence electrons. The highest BCUT2D eigenvalue weighted by Crippen LogP contribution is 2.40. The van der Waals surface area contributed by atoms with Gasteiger partial charge in [0.25, 0.3) is 11.7 Å². The number of aliphatic hydroxyl groups excluding tert-OH is 1. The summed E-state index contributed by atoms with van der Waals surface area (Å²) >= 11 is 0. The van der Waals surface area contributed by atoms with E-state index in [1.54, 1.807) is 54.6 Å². The molecule has 0 bridgehead atoms. The second-order valence-corrected chi connectivity index (χ2v) is 7.54. The maximum absolute atomic E-state index is 12.9. The van der Waals surface area contributed by atoms with Gasteiger partial charge in [-0.15, -0.1) is 0 Å². The number of aliphatic hydroxyl groups is 1. The molecular formula is C25H26NO6-. The maximum Gasteiger partial charge on any atom is 0.295 e. The smallest absolute Gasteiger partial charge is 0.295 e. The molecule has 1 aliphatic heterocycles. The van der Waals surface area contributed by atoms with E-state index in [1.165, 1.54) is 4.90 Å². The fourth-order valence-electron chi connectivity index (χ4n) is 3.85. The minimum atomic E-state index is -1.11. The summed E-state index contributed by atoms with van der Waals surface area (Å²) in [7, 11) is 0. The summed E-state index contributed by atoms with van der Waals surface area (Å²) in [6.07, 6.45) is 1.49. The first-order valence-corrected chi connectivity index (χ1v) is 10.7. The van der Waals surface area contributed by atoms with E-state index in [0.29, 0.717) is 42.7 Å². The lowest BCUT2D eigenvalue weighted by Gasteiger charge is -2.25. The number of unbranched alkanes of at least 4 members (excludes halogenated alkanes) is 2. The number of ketones is 1. The number of likely N-dealkylation sites (tertiary alicyclic amines) is 1. The van der Waals surface area contributed by atoms with Crippen molar-refractivity contribution >= 4 is 23.4 Å². The zero-order valence-electron chi connectivity index (χ0n) is 18.0. The number of benzene rings is 2. The van der Waals surface area contributed by atoms with Gasteiger partial charge in [0.15, 0.2) is 0 Å². The Hall–Kier alpha value is -3.61. The van der Waals surface area contributed by atoms with Crippen molar-refractivity contribution in [3.05, 3.63) is 71.3 Å². The molecule has 1 saturated heterocycles. The van der Waals surface area contributed by atoms with Crippen LogP contribution in [-0.4, -0.2) is 40.8 Å². The molecule has 7 nitrogen and oxygen atoms in total. The summed E-state index contributed by atoms with van der Waals surface area (Å²) in [5, 5.41) is 21.6. The fourth-order valence-corrected chi connectivity index (χ4v) is 3.85. The Labute approximate surface area is 186 Å². The molecule has 0 radical (unpaired) electrons. The zero-order valence-corrected chi connectivity index (χ0v) is 18.0. The summed E-state index contributed by atoms with van der Waals surface area (Å²) in [6.45, 7) is 2.65. The fraction of sp³-hybridized carbons (Fsp3) is 0.320. The monoisotopic (exact) mass is 436 g/mol. The Morgan fingerprint density at radius 3 is 2.34 bits per heavy atom. The van der Waals surface area contributed by atoms with Gasteiger partial charge in [0.05, 0.1) is 18.2 Å². The van der Waals surface area contributed by atoms with E-state index in [-0.39, 0.29) is 24.3 Å². The molecule has 0 saturated carbocycles. The van der Waals surface area contributed by atoms with Crippen LogP contribution in [0.15, 0.2) is 60.2 Å². The first-order valence-electron chi connectivity index (χ1n) is 10.7. The van der Waals surface area contributed by atoms with Gasteiger partial charge in [0, 0.05) is 18.1 Å². The van der Waals surface area contributed by atoms with E-state index in [1.807, 2.05) is 6.92 Å². The Bertz CT molecular complexity index is 997. The van der Waals surface area contributed by atoms with E-state index in [9.17, 15) is 24.6 Å². The van der Waals surface area contributed by atoms with Crippen LogP contribution < -0.4 is 9.84 Å². The number of aliphatic carboxylic acids is 1. The van der Waals surface area contributed by atoms with Crippen LogP contribution in [-0.2, 0) is 14.4 Å². The number of amides is 1. The molecular weight excluding hydrogens is 410 g/mol. The topological polar surface area (TPSA) is 107 Å². The van der Waals surface area contributed by atoms with Crippen LogP contribution in [0, 0.1) is 0 Å². The van der Waals surface area contributed by atoms with Crippen molar-refractivity contribution in [1.82, 2.24) is 4.90 Å². The van der Waals surface area contributed by atoms with Crippen molar-refractivity contribution in [3.8, 4) is 5.75 Å². The Kier molecular flexibility index (Phi) is 7.65. The number of ether oxygens (including phenoxy) is 1. The molecule has 7 heteroatoms. The number of carbonyl (C=O) groups is 3. The number of hydrogen-bond donors (Lipinski definition) is 1. The molecule has 0 aliphatic carbocycles. The van der Waals surface area contributed by atoms with Gasteiger partial charge in [-0.2, -0.15) is 0 Å². The predicted molar refractivity (Wildman–Crippen MR) is 117 cm³/mol. The Morgan fingerprint density at radius 1 is 1.03 bits per heavy atom. The highest BCUT2D eigenvalue weighted by molar-refractivity contribution is 6.46. The van der Waals surface area contributed by atoms with E-state index in [0.717, 1.165) is 0 Å². The standard InChI is InChI=1S/C25H27NO6/c1-2-32-19-14-12-17(13-15-19)22-21(23(29)18-9-5-3-6-10-18)24(30)25(31)26(22)16-8-4-7-11-20(27)28/h3,5-6,9-10,12-15,22,29H,2,4,7-8,11,16H2,1H3,(H,27,28)/p-1. The lowest BCUT2D eigenvalue weighted by molar-refractivity contribution is -0.305. The average Bonchev–Trinajstić information content (AvgIpc) is 3.04. The molecule has 2 aromatic rings. The Balaban J connectivity index is 1.95.